The highest BCUT2D eigenvalue weighted by Crippen LogP contribution is 2.47. The van der Waals surface area contributed by atoms with Crippen LogP contribution in [0.3, 0.4) is 0 Å². The first-order chi connectivity index (χ1) is 8.76. The Morgan fingerprint density at radius 2 is 1.94 bits per heavy atom. The predicted octanol–water partition coefficient (Wildman–Crippen LogP) is 3.65. The van der Waals surface area contributed by atoms with Crippen LogP contribution in [0, 0.1) is 0 Å². The van der Waals surface area contributed by atoms with Crippen molar-refractivity contribution in [1.82, 2.24) is 0 Å². The third-order valence-corrected chi connectivity index (χ3v) is 4.22. The molecule has 2 aromatic carbocycles. The van der Waals surface area contributed by atoms with Gasteiger partial charge in [0.05, 0.1) is 0 Å². The van der Waals surface area contributed by atoms with Crippen molar-refractivity contribution in [1.29, 1.82) is 0 Å². The molecule has 2 aromatic rings. The molecule has 1 heterocycles. The van der Waals surface area contributed by atoms with Crippen molar-refractivity contribution in [3.8, 4) is 5.75 Å². The maximum Gasteiger partial charge on any atom is 0.116 e. The molecule has 92 valence electrons. The molecule has 0 saturated heterocycles. The van der Waals surface area contributed by atoms with Crippen LogP contribution < -0.4 is 10.6 Å². The zero-order valence-corrected chi connectivity index (χ0v) is 10.8. The molecule has 0 fully saturated rings. The van der Waals surface area contributed by atoms with Crippen molar-refractivity contribution < 1.29 is 5.11 Å². The van der Waals surface area contributed by atoms with Crippen LogP contribution in [0.5, 0.6) is 5.75 Å². The lowest BCUT2D eigenvalue weighted by Gasteiger charge is -2.11. The molecule has 0 aliphatic carbocycles. The number of rotatable bonds is 2. The van der Waals surface area contributed by atoms with Gasteiger partial charge in [-0.25, -0.2) is 0 Å². The van der Waals surface area contributed by atoms with Crippen LogP contribution in [-0.4, -0.2) is 12.2 Å². The molecular formula is C14H14N2OS. The van der Waals surface area contributed by atoms with Crippen molar-refractivity contribution in [2.24, 2.45) is 0 Å². The van der Waals surface area contributed by atoms with Gasteiger partial charge < -0.3 is 15.7 Å². The number of hydrogen-bond donors (Lipinski definition) is 3. The van der Waals surface area contributed by atoms with Crippen LogP contribution in [0.4, 0.5) is 11.4 Å². The molecule has 0 aromatic heterocycles. The number of phenolic OH excluding ortho intramolecular Hbond substituents is 1. The van der Waals surface area contributed by atoms with Gasteiger partial charge in [-0.05, 0) is 35.9 Å². The van der Waals surface area contributed by atoms with Crippen molar-refractivity contribution in [3.63, 3.8) is 0 Å². The third-order valence-electron chi connectivity index (χ3n) is 3.00. The maximum atomic E-state index is 9.47. The van der Waals surface area contributed by atoms with Crippen molar-refractivity contribution >= 4 is 23.1 Å². The number of phenols is 1. The highest BCUT2D eigenvalue weighted by molar-refractivity contribution is 8.00. The number of fused-ring (bicyclic) bond motifs is 1. The summed E-state index contributed by atoms with van der Waals surface area (Å²) in [4.78, 5) is 1.10. The van der Waals surface area contributed by atoms with Crippen molar-refractivity contribution in [2.45, 2.75) is 10.3 Å². The van der Waals surface area contributed by atoms with Crippen molar-refractivity contribution in [3.05, 3.63) is 48.0 Å². The van der Waals surface area contributed by atoms with Crippen LogP contribution in [0.1, 0.15) is 10.9 Å². The predicted molar refractivity (Wildman–Crippen MR) is 76.3 cm³/mol. The first-order valence-corrected chi connectivity index (χ1v) is 6.68. The number of anilines is 2. The Balaban J connectivity index is 1.84. The van der Waals surface area contributed by atoms with Gasteiger partial charge in [-0.15, -0.1) is 0 Å². The zero-order valence-electron chi connectivity index (χ0n) is 9.97. The Kier molecular flexibility index (Phi) is 2.80. The lowest BCUT2D eigenvalue weighted by molar-refractivity contribution is 0.474. The van der Waals surface area contributed by atoms with E-state index in [1.807, 2.05) is 13.1 Å². The molecule has 0 saturated carbocycles. The van der Waals surface area contributed by atoms with Crippen LogP contribution >= 0.6 is 11.8 Å². The van der Waals surface area contributed by atoms with Gasteiger partial charge in [0.1, 0.15) is 11.1 Å². The summed E-state index contributed by atoms with van der Waals surface area (Å²) in [6.07, 6.45) is 0. The monoisotopic (exact) mass is 258 g/mol. The van der Waals surface area contributed by atoms with Gasteiger partial charge in [-0.2, -0.15) is 0 Å². The lowest BCUT2D eigenvalue weighted by Crippen LogP contribution is -2.01. The molecule has 1 aliphatic heterocycles. The smallest absolute Gasteiger partial charge is 0.116 e. The molecule has 3 nitrogen and oxygen atoms in total. The van der Waals surface area contributed by atoms with Gasteiger partial charge in [-0.1, -0.05) is 23.9 Å². The standard InChI is InChI=1S/C14H14N2OS/c1-15-10-4-2-9(3-5-10)14-16-12-7-6-11(17)8-13(12)18-14/h2-8,14-17H,1H3. The van der Waals surface area contributed by atoms with E-state index in [-0.39, 0.29) is 5.37 Å². The van der Waals surface area contributed by atoms with Gasteiger partial charge in [0, 0.05) is 23.3 Å². The Morgan fingerprint density at radius 1 is 1.17 bits per heavy atom. The summed E-state index contributed by atoms with van der Waals surface area (Å²) in [5.41, 5.74) is 3.42. The second-order valence-electron chi connectivity index (χ2n) is 4.19. The highest BCUT2D eigenvalue weighted by Gasteiger charge is 2.22. The van der Waals surface area contributed by atoms with Gasteiger partial charge >= 0.3 is 0 Å². The Bertz CT molecular complexity index is 569. The molecule has 4 heteroatoms. The number of nitrogens with one attached hydrogen (secondary N) is 2. The summed E-state index contributed by atoms with van der Waals surface area (Å²) in [7, 11) is 1.91. The second kappa shape index (κ2) is 4.46. The molecule has 1 unspecified atom stereocenters. The highest BCUT2D eigenvalue weighted by atomic mass is 32.2. The van der Waals surface area contributed by atoms with Gasteiger partial charge in [0.25, 0.3) is 0 Å². The van der Waals surface area contributed by atoms with E-state index in [9.17, 15) is 5.11 Å². The topological polar surface area (TPSA) is 44.3 Å². The largest absolute Gasteiger partial charge is 0.508 e. The second-order valence-corrected chi connectivity index (χ2v) is 5.34. The SMILES string of the molecule is CNc1ccc(C2Nc3ccc(O)cc3S2)cc1. The van der Waals surface area contributed by atoms with E-state index in [0.29, 0.717) is 5.75 Å². The van der Waals surface area contributed by atoms with Gasteiger partial charge in [-0.3, -0.25) is 0 Å². The summed E-state index contributed by atoms with van der Waals surface area (Å²) in [5, 5.41) is 16.2. The first-order valence-electron chi connectivity index (χ1n) is 5.80. The summed E-state index contributed by atoms with van der Waals surface area (Å²) in [6, 6.07) is 13.8. The van der Waals surface area contributed by atoms with Crippen LogP contribution in [0.15, 0.2) is 47.4 Å². The molecule has 1 aliphatic rings. The van der Waals surface area contributed by atoms with Crippen LogP contribution in [0.25, 0.3) is 0 Å². The molecule has 18 heavy (non-hydrogen) atoms. The minimum absolute atomic E-state index is 0.215. The lowest BCUT2D eigenvalue weighted by atomic mass is 10.2. The third kappa shape index (κ3) is 1.99. The molecule has 3 N–H and O–H groups in total. The molecule has 0 amide bonds. The number of benzene rings is 2. The minimum atomic E-state index is 0.215. The van der Waals surface area contributed by atoms with E-state index < -0.39 is 0 Å². The van der Waals surface area contributed by atoms with Gasteiger partial charge in [0.2, 0.25) is 0 Å². The first kappa shape index (κ1) is 11.3. The zero-order chi connectivity index (χ0) is 12.5. The summed E-state index contributed by atoms with van der Waals surface area (Å²) in [5.74, 6) is 0.314. The molecule has 0 bridgehead atoms. The Labute approximate surface area is 110 Å². The normalized spacial score (nSPS) is 17.1. The number of aromatic hydroxyl groups is 1. The van der Waals surface area contributed by atoms with Crippen LogP contribution in [0.2, 0.25) is 0 Å². The molecule has 0 radical (unpaired) electrons. The fourth-order valence-electron chi connectivity index (χ4n) is 2.00. The summed E-state index contributed by atoms with van der Waals surface area (Å²) >= 11 is 1.73. The fourth-order valence-corrected chi connectivity index (χ4v) is 3.18. The van der Waals surface area contributed by atoms with E-state index in [1.165, 1.54) is 5.56 Å². The van der Waals surface area contributed by atoms with E-state index in [2.05, 4.69) is 34.9 Å². The summed E-state index contributed by atoms with van der Waals surface area (Å²) < 4.78 is 0. The molecular weight excluding hydrogens is 244 g/mol. The van der Waals surface area contributed by atoms with Crippen LogP contribution in [-0.2, 0) is 0 Å². The Hall–Kier alpha value is -1.81. The molecule has 0 spiro atoms. The summed E-state index contributed by atoms with van der Waals surface area (Å²) in [6.45, 7) is 0. The average molecular weight is 258 g/mol. The van der Waals surface area contributed by atoms with E-state index >= 15 is 0 Å². The molecule has 3 rings (SSSR count). The maximum absolute atomic E-state index is 9.47. The minimum Gasteiger partial charge on any atom is -0.508 e. The van der Waals surface area contributed by atoms with E-state index in [1.54, 1.807) is 23.9 Å². The Morgan fingerprint density at radius 3 is 2.67 bits per heavy atom. The van der Waals surface area contributed by atoms with E-state index in [0.717, 1.165) is 16.3 Å². The molecule has 1 atom stereocenters. The number of thioether (sulfide) groups is 1. The average Bonchev–Trinajstić information content (AvgIpc) is 2.81. The van der Waals surface area contributed by atoms with Crippen molar-refractivity contribution in [2.75, 3.05) is 17.7 Å². The number of hydrogen-bond acceptors (Lipinski definition) is 4. The fraction of sp³-hybridized carbons (Fsp3) is 0.143. The van der Waals surface area contributed by atoms with Gasteiger partial charge in [0.15, 0.2) is 0 Å². The quantitative estimate of drug-likeness (QED) is 0.719. The van der Waals surface area contributed by atoms with E-state index in [4.69, 9.17) is 0 Å².